The fourth-order valence-corrected chi connectivity index (χ4v) is 2.90. The van der Waals surface area contributed by atoms with Crippen LogP contribution in [-0.4, -0.2) is 50.1 Å². The van der Waals surface area contributed by atoms with E-state index in [-0.39, 0.29) is 11.8 Å². The molecule has 0 radical (unpaired) electrons. The molecule has 0 saturated carbocycles. The Morgan fingerprint density at radius 2 is 2.29 bits per heavy atom. The van der Waals surface area contributed by atoms with Gasteiger partial charge in [0.2, 0.25) is 5.91 Å². The molecule has 0 aliphatic carbocycles. The molecule has 0 aromatic heterocycles. The van der Waals surface area contributed by atoms with E-state index in [1.54, 1.807) is 0 Å². The number of carbonyl (C=O) groups is 1. The van der Waals surface area contributed by atoms with Crippen molar-refractivity contribution in [1.82, 2.24) is 15.5 Å². The SMILES string of the molecule is CCN1CCC(CNC(=O)C2CNCC2C)C1. The molecular formula is C13H25N3O. The van der Waals surface area contributed by atoms with Gasteiger partial charge in [0.25, 0.3) is 0 Å². The summed E-state index contributed by atoms with van der Waals surface area (Å²) >= 11 is 0. The van der Waals surface area contributed by atoms with Crippen molar-refractivity contribution in [1.29, 1.82) is 0 Å². The highest BCUT2D eigenvalue weighted by molar-refractivity contribution is 5.79. The van der Waals surface area contributed by atoms with Crippen LogP contribution in [0.3, 0.4) is 0 Å². The zero-order valence-electron chi connectivity index (χ0n) is 11.0. The maximum Gasteiger partial charge on any atom is 0.224 e. The Balaban J connectivity index is 1.70. The van der Waals surface area contributed by atoms with Gasteiger partial charge in [0.1, 0.15) is 0 Å². The van der Waals surface area contributed by atoms with E-state index >= 15 is 0 Å². The molecule has 0 bridgehead atoms. The third-order valence-corrected chi connectivity index (χ3v) is 4.24. The van der Waals surface area contributed by atoms with Gasteiger partial charge in [0.05, 0.1) is 5.92 Å². The fourth-order valence-electron chi connectivity index (χ4n) is 2.90. The van der Waals surface area contributed by atoms with Crippen LogP contribution < -0.4 is 10.6 Å². The fraction of sp³-hybridized carbons (Fsp3) is 0.923. The predicted molar refractivity (Wildman–Crippen MR) is 68.8 cm³/mol. The van der Waals surface area contributed by atoms with Crippen LogP contribution in [0, 0.1) is 17.8 Å². The molecule has 2 N–H and O–H groups in total. The van der Waals surface area contributed by atoms with E-state index in [0.717, 1.165) is 32.7 Å². The van der Waals surface area contributed by atoms with Crippen LogP contribution in [0.4, 0.5) is 0 Å². The number of carbonyl (C=O) groups excluding carboxylic acids is 1. The summed E-state index contributed by atoms with van der Waals surface area (Å²) in [5.74, 6) is 1.56. The third kappa shape index (κ3) is 3.19. The normalized spacial score (nSPS) is 34.1. The molecule has 2 aliphatic heterocycles. The minimum atomic E-state index is 0.179. The lowest BCUT2D eigenvalue weighted by atomic mass is 9.97. The number of nitrogens with one attached hydrogen (secondary N) is 2. The first kappa shape index (κ1) is 12.8. The molecule has 2 aliphatic rings. The summed E-state index contributed by atoms with van der Waals surface area (Å²) < 4.78 is 0. The number of hydrogen-bond acceptors (Lipinski definition) is 3. The maximum absolute atomic E-state index is 12.0. The lowest BCUT2D eigenvalue weighted by Gasteiger charge is -2.17. The Morgan fingerprint density at radius 3 is 2.88 bits per heavy atom. The molecule has 2 heterocycles. The zero-order valence-corrected chi connectivity index (χ0v) is 11.0. The largest absolute Gasteiger partial charge is 0.355 e. The van der Waals surface area contributed by atoms with Crippen LogP contribution in [0.5, 0.6) is 0 Å². The molecule has 17 heavy (non-hydrogen) atoms. The van der Waals surface area contributed by atoms with E-state index < -0.39 is 0 Å². The van der Waals surface area contributed by atoms with Crippen molar-refractivity contribution in [2.24, 2.45) is 17.8 Å². The number of likely N-dealkylation sites (tertiary alicyclic amines) is 1. The van der Waals surface area contributed by atoms with Crippen molar-refractivity contribution in [3.63, 3.8) is 0 Å². The van der Waals surface area contributed by atoms with E-state index in [1.807, 2.05) is 0 Å². The smallest absolute Gasteiger partial charge is 0.224 e. The van der Waals surface area contributed by atoms with Gasteiger partial charge < -0.3 is 15.5 Å². The molecule has 4 heteroatoms. The summed E-state index contributed by atoms with van der Waals surface area (Å²) in [6, 6.07) is 0. The van der Waals surface area contributed by atoms with Gasteiger partial charge in [-0.2, -0.15) is 0 Å². The molecule has 2 saturated heterocycles. The van der Waals surface area contributed by atoms with Crippen LogP contribution in [-0.2, 0) is 4.79 Å². The second-order valence-corrected chi connectivity index (χ2v) is 5.54. The van der Waals surface area contributed by atoms with Gasteiger partial charge in [-0.05, 0) is 37.9 Å². The highest BCUT2D eigenvalue weighted by atomic mass is 16.1. The van der Waals surface area contributed by atoms with Gasteiger partial charge in [-0.1, -0.05) is 13.8 Å². The first-order valence-electron chi connectivity index (χ1n) is 6.91. The standard InChI is InChI=1S/C13H25N3O/c1-3-16-5-4-11(9-16)7-15-13(17)12-8-14-6-10(12)2/h10-12,14H,3-9H2,1-2H3,(H,15,17). The Morgan fingerprint density at radius 1 is 1.47 bits per heavy atom. The average molecular weight is 239 g/mol. The van der Waals surface area contributed by atoms with Gasteiger partial charge in [-0.15, -0.1) is 0 Å². The van der Waals surface area contributed by atoms with Crippen LogP contribution in [0.2, 0.25) is 0 Å². The van der Waals surface area contributed by atoms with Crippen molar-refractivity contribution < 1.29 is 4.79 Å². The van der Waals surface area contributed by atoms with Gasteiger partial charge in [0, 0.05) is 19.6 Å². The molecule has 2 fully saturated rings. The van der Waals surface area contributed by atoms with Crippen LogP contribution in [0.25, 0.3) is 0 Å². The summed E-state index contributed by atoms with van der Waals surface area (Å²) in [6.45, 7) is 10.5. The minimum absolute atomic E-state index is 0.179. The van der Waals surface area contributed by atoms with Gasteiger partial charge >= 0.3 is 0 Å². The molecule has 3 unspecified atom stereocenters. The summed E-state index contributed by atoms with van der Waals surface area (Å²) in [6.07, 6.45) is 1.23. The van der Waals surface area contributed by atoms with Crippen LogP contribution in [0.1, 0.15) is 20.3 Å². The van der Waals surface area contributed by atoms with E-state index in [9.17, 15) is 4.79 Å². The molecular weight excluding hydrogens is 214 g/mol. The summed E-state index contributed by atoms with van der Waals surface area (Å²) in [4.78, 5) is 14.5. The highest BCUT2D eigenvalue weighted by Crippen LogP contribution is 2.17. The second kappa shape index (κ2) is 5.83. The number of nitrogens with zero attached hydrogens (tertiary/aromatic N) is 1. The van der Waals surface area contributed by atoms with E-state index in [4.69, 9.17) is 0 Å². The van der Waals surface area contributed by atoms with Crippen molar-refractivity contribution in [3.05, 3.63) is 0 Å². The third-order valence-electron chi connectivity index (χ3n) is 4.24. The number of amides is 1. The molecule has 98 valence electrons. The monoisotopic (exact) mass is 239 g/mol. The molecule has 1 amide bonds. The van der Waals surface area contributed by atoms with E-state index in [0.29, 0.717) is 11.8 Å². The Bertz CT molecular complexity index is 269. The van der Waals surface area contributed by atoms with Gasteiger partial charge in [-0.3, -0.25) is 4.79 Å². The van der Waals surface area contributed by atoms with Crippen LogP contribution in [0.15, 0.2) is 0 Å². The summed E-state index contributed by atoms with van der Waals surface area (Å²) in [5, 5.41) is 6.41. The van der Waals surface area contributed by atoms with Crippen molar-refractivity contribution in [2.75, 3.05) is 39.3 Å². The zero-order chi connectivity index (χ0) is 12.3. The molecule has 0 spiro atoms. The Hall–Kier alpha value is -0.610. The average Bonchev–Trinajstić information content (AvgIpc) is 2.94. The molecule has 3 atom stereocenters. The van der Waals surface area contributed by atoms with Crippen molar-refractivity contribution >= 4 is 5.91 Å². The Kier molecular flexibility index (Phi) is 4.40. The van der Waals surface area contributed by atoms with Gasteiger partial charge in [-0.25, -0.2) is 0 Å². The first-order chi connectivity index (χ1) is 8.20. The predicted octanol–water partition coefficient (Wildman–Crippen LogP) is 0.300. The number of hydrogen-bond donors (Lipinski definition) is 2. The summed E-state index contributed by atoms with van der Waals surface area (Å²) in [7, 11) is 0. The van der Waals surface area contributed by atoms with E-state index in [1.165, 1.54) is 13.0 Å². The van der Waals surface area contributed by atoms with Crippen LogP contribution >= 0.6 is 0 Å². The molecule has 4 nitrogen and oxygen atoms in total. The quantitative estimate of drug-likeness (QED) is 0.741. The van der Waals surface area contributed by atoms with Gasteiger partial charge in [0.15, 0.2) is 0 Å². The molecule has 0 aromatic carbocycles. The second-order valence-electron chi connectivity index (χ2n) is 5.54. The van der Waals surface area contributed by atoms with E-state index in [2.05, 4.69) is 29.4 Å². The first-order valence-corrected chi connectivity index (χ1v) is 6.91. The Labute approximate surface area is 104 Å². The number of rotatable bonds is 4. The molecule has 0 aromatic rings. The van der Waals surface area contributed by atoms with Crippen molar-refractivity contribution in [2.45, 2.75) is 20.3 Å². The maximum atomic E-state index is 12.0. The minimum Gasteiger partial charge on any atom is -0.355 e. The topological polar surface area (TPSA) is 44.4 Å². The molecule has 2 rings (SSSR count). The lowest BCUT2D eigenvalue weighted by Crippen LogP contribution is -2.37. The summed E-state index contributed by atoms with van der Waals surface area (Å²) in [5.41, 5.74) is 0. The lowest BCUT2D eigenvalue weighted by molar-refractivity contribution is -0.125. The van der Waals surface area contributed by atoms with Crippen molar-refractivity contribution in [3.8, 4) is 0 Å². The highest BCUT2D eigenvalue weighted by Gasteiger charge is 2.30.